The molecular formula is C21H20FN3O5S. The van der Waals surface area contributed by atoms with Crippen molar-refractivity contribution in [2.24, 2.45) is 0 Å². The molecule has 162 valence electrons. The molecule has 1 fully saturated rings. The van der Waals surface area contributed by atoms with Gasteiger partial charge in [-0.25, -0.2) is 22.6 Å². The minimum Gasteiger partial charge on any atom is -0.461 e. The number of sulfonamides is 1. The number of ether oxygens (including phenoxy) is 2. The number of nitrogens with zero attached hydrogens (tertiary/aromatic N) is 3. The number of hydrogen-bond acceptors (Lipinski definition) is 6. The molecule has 0 bridgehead atoms. The Morgan fingerprint density at radius 2 is 1.84 bits per heavy atom. The Labute approximate surface area is 178 Å². The lowest BCUT2D eigenvalue weighted by Crippen LogP contribution is -2.40. The van der Waals surface area contributed by atoms with Crippen molar-refractivity contribution in [2.75, 3.05) is 32.9 Å². The monoisotopic (exact) mass is 445 g/mol. The van der Waals surface area contributed by atoms with Crippen molar-refractivity contribution in [1.82, 2.24) is 13.9 Å². The number of carbonyl (C=O) groups excluding carboxylic acids is 1. The van der Waals surface area contributed by atoms with Crippen LogP contribution in [-0.4, -0.2) is 61.2 Å². The van der Waals surface area contributed by atoms with Gasteiger partial charge in [0, 0.05) is 37.6 Å². The predicted octanol–water partition coefficient (Wildman–Crippen LogP) is 1.96. The Morgan fingerprint density at radius 1 is 1.10 bits per heavy atom. The van der Waals surface area contributed by atoms with Crippen LogP contribution in [0.15, 0.2) is 41.6 Å². The van der Waals surface area contributed by atoms with Gasteiger partial charge in [-0.3, -0.25) is 0 Å². The summed E-state index contributed by atoms with van der Waals surface area (Å²) < 4.78 is 54.0. The van der Waals surface area contributed by atoms with E-state index in [0.29, 0.717) is 42.6 Å². The van der Waals surface area contributed by atoms with Gasteiger partial charge in [-0.05, 0) is 23.3 Å². The average molecular weight is 445 g/mol. The third-order valence-corrected chi connectivity index (χ3v) is 7.53. The Morgan fingerprint density at radius 3 is 2.58 bits per heavy atom. The van der Waals surface area contributed by atoms with Crippen LogP contribution < -0.4 is 0 Å². The molecule has 2 aliphatic rings. The average Bonchev–Trinajstić information content (AvgIpc) is 3.16. The molecule has 0 radical (unpaired) electrons. The van der Waals surface area contributed by atoms with Gasteiger partial charge in [-0.1, -0.05) is 12.1 Å². The second-order valence-electron chi connectivity index (χ2n) is 7.50. The zero-order valence-corrected chi connectivity index (χ0v) is 17.4. The molecule has 0 amide bonds. The molecule has 8 nitrogen and oxygen atoms in total. The first-order chi connectivity index (χ1) is 14.9. The summed E-state index contributed by atoms with van der Waals surface area (Å²) in [4.78, 5) is 16.6. The van der Waals surface area contributed by atoms with E-state index in [4.69, 9.17) is 9.47 Å². The van der Waals surface area contributed by atoms with Crippen molar-refractivity contribution in [1.29, 1.82) is 0 Å². The number of rotatable bonds is 4. The van der Waals surface area contributed by atoms with E-state index >= 15 is 0 Å². The molecule has 0 spiro atoms. The van der Waals surface area contributed by atoms with Crippen LogP contribution in [0.3, 0.4) is 0 Å². The molecule has 0 unspecified atom stereocenters. The molecule has 0 atom stereocenters. The van der Waals surface area contributed by atoms with Crippen molar-refractivity contribution in [3.8, 4) is 0 Å². The van der Waals surface area contributed by atoms with Crippen molar-refractivity contribution in [3.05, 3.63) is 59.3 Å². The van der Waals surface area contributed by atoms with Crippen LogP contribution in [0.5, 0.6) is 0 Å². The molecule has 0 aliphatic carbocycles. The van der Waals surface area contributed by atoms with E-state index in [1.807, 2.05) is 0 Å². The summed E-state index contributed by atoms with van der Waals surface area (Å²) in [6, 6.07) is 6.03. The lowest BCUT2D eigenvalue weighted by atomic mass is 10.0. The minimum absolute atomic E-state index is 0.139. The lowest BCUT2D eigenvalue weighted by Gasteiger charge is -2.26. The first-order valence-electron chi connectivity index (χ1n) is 9.95. The fraction of sp³-hybridized carbons (Fsp3) is 0.333. The molecule has 5 rings (SSSR count). The zero-order valence-electron chi connectivity index (χ0n) is 16.6. The number of halogens is 1. The first-order valence-corrected chi connectivity index (χ1v) is 11.4. The van der Waals surface area contributed by atoms with E-state index < -0.39 is 16.0 Å². The Bertz CT molecular complexity index is 1260. The van der Waals surface area contributed by atoms with Crippen LogP contribution in [0.4, 0.5) is 4.39 Å². The van der Waals surface area contributed by atoms with Crippen LogP contribution in [-0.2, 0) is 32.5 Å². The maximum Gasteiger partial charge on any atom is 0.357 e. The maximum atomic E-state index is 13.5. The van der Waals surface area contributed by atoms with Crippen LogP contribution in [0.2, 0.25) is 0 Å². The summed E-state index contributed by atoms with van der Waals surface area (Å²) in [5.74, 6) is -0.893. The molecular weight excluding hydrogens is 425 g/mol. The van der Waals surface area contributed by atoms with E-state index in [0.717, 1.165) is 5.56 Å². The predicted molar refractivity (Wildman–Crippen MR) is 109 cm³/mol. The molecule has 1 aromatic carbocycles. The highest BCUT2D eigenvalue weighted by atomic mass is 32.2. The van der Waals surface area contributed by atoms with Gasteiger partial charge in [0.15, 0.2) is 5.69 Å². The van der Waals surface area contributed by atoms with Crippen molar-refractivity contribution >= 4 is 26.9 Å². The summed E-state index contributed by atoms with van der Waals surface area (Å²) in [6.45, 7) is 1.70. The largest absolute Gasteiger partial charge is 0.461 e. The standard InChI is InChI=1S/C21H20FN3O5S/c22-15-3-1-14(2-4-15)12-24-13-18(31(27,28)25-6-9-29-10-7-25)19-16-5-8-30-21(26)20(16)23-11-17(19)24/h1-4,11,13H,5-10,12H2. The highest BCUT2D eigenvalue weighted by molar-refractivity contribution is 7.89. The fourth-order valence-electron chi connectivity index (χ4n) is 4.08. The molecule has 1 saturated heterocycles. The van der Waals surface area contributed by atoms with Gasteiger partial charge in [-0.15, -0.1) is 0 Å². The van der Waals surface area contributed by atoms with Gasteiger partial charge < -0.3 is 14.0 Å². The summed E-state index contributed by atoms with van der Waals surface area (Å²) in [5, 5.41) is 0.496. The highest BCUT2D eigenvalue weighted by Crippen LogP contribution is 2.34. The fourth-order valence-corrected chi connectivity index (χ4v) is 5.74. The van der Waals surface area contributed by atoms with Gasteiger partial charge in [-0.2, -0.15) is 4.31 Å². The number of hydrogen-bond donors (Lipinski definition) is 0. The van der Waals surface area contributed by atoms with Crippen molar-refractivity contribution in [3.63, 3.8) is 0 Å². The Kier molecular flexibility index (Phi) is 4.99. The number of fused-ring (bicyclic) bond motifs is 3. The van der Waals surface area contributed by atoms with E-state index in [-0.39, 0.29) is 36.1 Å². The normalized spacial score (nSPS) is 17.5. The van der Waals surface area contributed by atoms with Crippen LogP contribution >= 0.6 is 0 Å². The van der Waals surface area contributed by atoms with Gasteiger partial charge in [0.25, 0.3) is 0 Å². The Balaban J connectivity index is 1.70. The maximum absolute atomic E-state index is 13.5. The van der Waals surface area contributed by atoms with E-state index in [1.54, 1.807) is 22.9 Å². The molecule has 3 aromatic rings. The number of esters is 1. The number of cyclic esters (lactones) is 1. The number of morpholine rings is 1. The minimum atomic E-state index is -3.83. The number of pyridine rings is 1. The molecule has 10 heteroatoms. The topological polar surface area (TPSA) is 90.7 Å². The number of carbonyl (C=O) groups is 1. The number of aromatic nitrogens is 2. The van der Waals surface area contributed by atoms with E-state index in [2.05, 4.69) is 4.98 Å². The molecule has 2 aliphatic heterocycles. The van der Waals surface area contributed by atoms with Gasteiger partial charge in [0.1, 0.15) is 10.7 Å². The third kappa shape index (κ3) is 3.50. The summed E-state index contributed by atoms with van der Waals surface area (Å²) in [5.41, 5.74) is 2.14. The highest BCUT2D eigenvalue weighted by Gasteiger charge is 2.33. The van der Waals surface area contributed by atoms with Crippen LogP contribution in [0.25, 0.3) is 10.9 Å². The summed E-state index contributed by atoms with van der Waals surface area (Å²) in [7, 11) is -3.83. The second-order valence-corrected chi connectivity index (χ2v) is 9.40. The molecule has 2 aromatic heterocycles. The second kappa shape index (κ2) is 7.70. The zero-order chi connectivity index (χ0) is 21.6. The molecule has 0 saturated carbocycles. The molecule has 4 heterocycles. The van der Waals surface area contributed by atoms with Gasteiger partial charge in [0.2, 0.25) is 10.0 Å². The van der Waals surface area contributed by atoms with Crippen molar-refractivity contribution in [2.45, 2.75) is 17.9 Å². The van der Waals surface area contributed by atoms with Gasteiger partial charge >= 0.3 is 5.97 Å². The lowest BCUT2D eigenvalue weighted by molar-refractivity contribution is 0.0473. The van der Waals surface area contributed by atoms with Crippen LogP contribution in [0.1, 0.15) is 21.6 Å². The van der Waals surface area contributed by atoms with Gasteiger partial charge in [0.05, 0.1) is 31.5 Å². The smallest absolute Gasteiger partial charge is 0.357 e. The quantitative estimate of drug-likeness (QED) is 0.571. The Hall–Kier alpha value is -2.82. The first kappa shape index (κ1) is 20.1. The third-order valence-electron chi connectivity index (χ3n) is 5.62. The van der Waals surface area contributed by atoms with E-state index in [1.165, 1.54) is 22.6 Å². The van der Waals surface area contributed by atoms with Crippen LogP contribution in [0, 0.1) is 5.82 Å². The molecule has 31 heavy (non-hydrogen) atoms. The SMILES string of the molecule is O=C1OCCc2c1ncc1c2c(S(=O)(=O)N2CCOCC2)cn1Cc1ccc(F)cc1. The van der Waals surface area contributed by atoms with E-state index in [9.17, 15) is 17.6 Å². The molecule has 0 N–H and O–H groups in total. The number of benzene rings is 1. The van der Waals surface area contributed by atoms with Crippen molar-refractivity contribution < 1.29 is 27.1 Å². The summed E-state index contributed by atoms with van der Waals surface area (Å²) >= 11 is 0. The summed E-state index contributed by atoms with van der Waals surface area (Å²) in [6.07, 6.45) is 3.47.